The molecule has 2 rings (SSSR count). The summed E-state index contributed by atoms with van der Waals surface area (Å²) in [7, 11) is 0. The average Bonchev–Trinajstić information content (AvgIpc) is 2.73. The highest BCUT2D eigenvalue weighted by molar-refractivity contribution is 5.20. The lowest BCUT2D eigenvalue weighted by molar-refractivity contribution is -0.0894. The van der Waals surface area contributed by atoms with Gasteiger partial charge in [-0.3, -0.25) is 4.90 Å². The van der Waals surface area contributed by atoms with E-state index >= 15 is 0 Å². The van der Waals surface area contributed by atoms with Crippen molar-refractivity contribution in [2.75, 3.05) is 26.2 Å². The van der Waals surface area contributed by atoms with E-state index < -0.39 is 30.6 Å². The van der Waals surface area contributed by atoms with Gasteiger partial charge in [-0.1, -0.05) is 29.8 Å². The minimum atomic E-state index is -1.36. The molecule has 1 heterocycles. The Labute approximate surface area is 160 Å². The number of rotatable bonds is 9. The molecule has 1 aromatic rings. The van der Waals surface area contributed by atoms with Gasteiger partial charge in [0, 0.05) is 13.1 Å². The number of aliphatic hydroxyl groups excluding tert-OH is 4. The van der Waals surface area contributed by atoms with Gasteiger partial charge in [-0.05, 0) is 38.3 Å². The van der Waals surface area contributed by atoms with Crippen molar-refractivity contribution in [2.45, 2.75) is 63.4 Å². The first-order chi connectivity index (χ1) is 12.9. The molecule has 4 N–H and O–H groups in total. The van der Waals surface area contributed by atoms with E-state index in [1.54, 1.807) is 4.90 Å². The second-order valence-electron chi connectivity index (χ2n) is 7.47. The molecule has 1 saturated heterocycles. The number of β-amino-alcohol motifs (C(OH)–C–C–N with tert-alkyl or cyclic N) is 2. The number of hydrogen-bond acceptors (Lipinski definition) is 6. The summed E-state index contributed by atoms with van der Waals surface area (Å²) in [5.74, 6) is 0. The lowest BCUT2D eigenvalue weighted by atomic mass is 10.1. The molecule has 0 aliphatic carbocycles. The molecule has 5 atom stereocenters. The molecule has 154 valence electrons. The summed E-state index contributed by atoms with van der Waals surface area (Å²) in [6, 6.07) is 7.95. The first-order valence-corrected chi connectivity index (χ1v) is 9.58. The van der Waals surface area contributed by atoms with Gasteiger partial charge in [0.2, 0.25) is 0 Å². The predicted molar refractivity (Wildman–Crippen MR) is 100 cm³/mol. The standard InChI is InChI=1S/C20H32FNO5/c1-14-5-7-15(8-6-14)12-27-13-16(21)4-2-3-9-22-10-17(23)19(25)20(26)18(24)11-22/h5-8,16-20,23-26H,2-4,9-13H2,1H3/t16-,17-,18-,19+,20+/m0/s1. The smallest absolute Gasteiger partial charge is 0.123 e. The number of halogens is 1. The first kappa shape index (κ1) is 22.2. The summed E-state index contributed by atoms with van der Waals surface area (Å²) < 4.78 is 19.4. The van der Waals surface area contributed by atoms with Gasteiger partial charge in [0.05, 0.1) is 25.4 Å². The summed E-state index contributed by atoms with van der Waals surface area (Å²) in [6.07, 6.45) is -4.22. The van der Waals surface area contributed by atoms with Crippen molar-refractivity contribution in [1.29, 1.82) is 0 Å². The highest BCUT2D eigenvalue weighted by atomic mass is 19.1. The first-order valence-electron chi connectivity index (χ1n) is 9.58. The van der Waals surface area contributed by atoms with Crippen LogP contribution in [0.4, 0.5) is 4.39 Å². The quantitative estimate of drug-likeness (QED) is 0.470. The normalized spacial score (nSPS) is 28.1. The molecule has 0 amide bonds. The molecule has 0 spiro atoms. The molecule has 0 aromatic heterocycles. The van der Waals surface area contributed by atoms with E-state index in [0.29, 0.717) is 32.4 Å². The number of nitrogens with zero attached hydrogens (tertiary/aromatic N) is 1. The predicted octanol–water partition coefficient (Wildman–Crippen LogP) is 0.779. The van der Waals surface area contributed by atoms with Crippen LogP contribution in [-0.2, 0) is 11.3 Å². The number of benzene rings is 1. The van der Waals surface area contributed by atoms with Gasteiger partial charge in [0.25, 0.3) is 0 Å². The molecular weight excluding hydrogens is 353 g/mol. The summed E-state index contributed by atoms with van der Waals surface area (Å²) in [5, 5.41) is 39.0. The molecular formula is C20H32FNO5. The molecule has 27 heavy (non-hydrogen) atoms. The number of unbranched alkanes of at least 4 members (excludes halogenated alkanes) is 1. The number of likely N-dealkylation sites (tertiary alicyclic amines) is 1. The van der Waals surface area contributed by atoms with Crippen molar-refractivity contribution >= 4 is 0 Å². The topological polar surface area (TPSA) is 93.4 Å². The molecule has 1 aliphatic heterocycles. The summed E-state index contributed by atoms with van der Waals surface area (Å²) in [5.41, 5.74) is 2.20. The lowest BCUT2D eigenvalue weighted by Gasteiger charge is -2.23. The maximum Gasteiger partial charge on any atom is 0.123 e. The Bertz CT molecular complexity index is 528. The van der Waals surface area contributed by atoms with Crippen LogP contribution < -0.4 is 0 Å². The largest absolute Gasteiger partial charge is 0.389 e. The van der Waals surface area contributed by atoms with Gasteiger partial charge in [-0.15, -0.1) is 0 Å². The van der Waals surface area contributed by atoms with Crippen molar-refractivity contribution in [1.82, 2.24) is 4.90 Å². The minimum Gasteiger partial charge on any atom is -0.389 e. The number of alkyl halides is 1. The molecule has 1 fully saturated rings. The van der Waals surface area contributed by atoms with Gasteiger partial charge >= 0.3 is 0 Å². The van der Waals surface area contributed by atoms with E-state index in [9.17, 15) is 24.8 Å². The van der Waals surface area contributed by atoms with Crippen LogP contribution in [0.25, 0.3) is 0 Å². The Morgan fingerprint density at radius 3 is 2.22 bits per heavy atom. The van der Waals surface area contributed by atoms with Crippen LogP contribution in [0, 0.1) is 6.92 Å². The van der Waals surface area contributed by atoms with Crippen molar-refractivity contribution in [3.8, 4) is 0 Å². The second-order valence-corrected chi connectivity index (χ2v) is 7.47. The zero-order chi connectivity index (χ0) is 19.8. The second kappa shape index (κ2) is 11.0. The van der Waals surface area contributed by atoms with Gasteiger partial charge in [-0.25, -0.2) is 4.39 Å². The number of ether oxygens (including phenoxy) is 1. The Morgan fingerprint density at radius 2 is 1.63 bits per heavy atom. The Kier molecular flexibility index (Phi) is 9.08. The summed E-state index contributed by atoms with van der Waals surface area (Å²) >= 11 is 0. The van der Waals surface area contributed by atoms with Crippen molar-refractivity contribution < 1.29 is 29.6 Å². The lowest BCUT2D eigenvalue weighted by Crippen LogP contribution is -2.43. The van der Waals surface area contributed by atoms with Crippen molar-refractivity contribution in [3.05, 3.63) is 35.4 Å². The van der Waals surface area contributed by atoms with E-state index in [2.05, 4.69) is 0 Å². The van der Waals surface area contributed by atoms with Crippen LogP contribution in [0.2, 0.25) is 0 Å². The molecule has 0 radical (unpaired) electrons. The monoisotopic (exact) mass is 385 g/mol. The van der Waals surface area contributed by atoms with E-state index in [-0.39, 0.29) is 19.7 Å². The maximum absolute atomic E-state index is 13.9. The minimum absolute atomic E-state index is 0.0629. The van der Waals surface area contributed by atoms with E-state index in [1.165, 1.54) is 5.56 Å². The molecule has 1 aliphatic rings. The molecule has 0 bridgehead atoms. The van der Waals surface area contributed by atoms with Crippen LogP contribution in [-0.4, -0.2) is 82.2 Å². The fraction of sp³-hybridized carbons (Fsp3) is 0.700. The number of aliphatic hydroxyl groups is 4. The molecule has 0 saturated carbocycles. The van der Waals surface area contributed by atoms with Crippen molar-refractivity contribution in [3.63, 3.8) is 0 Å². The number of hydrogen-bond donors (Lipinski definition) is 4. The average molecular weight is 385 g/mol. The molecule has 1 aromatic carbocycles. The third kappa shape index (κ3) is 7.44. The Morgan fingerprint density at radius 1 is 1.04 bits per heavy atom. The van der Waals surface area contributed by atoms with Crippen LogP contribution in [0.5, 0.6) is 0 Å². The van der Waals surface area contributed by atoms with Gasteiger partial charge < -0.3 is 25.2 Å². The van der Waals surface area contributed by atoms with Crippen molar-refractivity contribution in [2.24, 2.45) is 0 Å². The highest BCUT2D eigenvalue weighted by Crippen LogP contribution is 2.15. The summed E-state index contributed by atoms with van der Waals surface area (Å²) in [6.45, 7) is 3.38. The fourth-order valence-electron chi connectivity index (χ4n) is 3.23. The maximum atomic E-state index is 13.9. The third-order valence-corrected chi connectivity index (χ3v) is 4.96. The molecule has 6 nitrogen and oxygen atoms in total. The van der Waals surface area contributed by atoms with Crippen LogP contribution in [0.15, 0.2) is 24.3 Å². The van der Waals surface area contributed by atoms with E-state index in [1.807, 2.05) is 31.2 Å². The van der Waals surface area contributed by atoms with E-state index in [0.717, 1.165) is 5.56 Å². The highest BCUT2D eigenvalue weighted by Gasteiger charge is 2.35. The van der Waals surface area contributed by atoms with Gasteiger partial charge in [0.15, 0.2) is 0 Å². The van der Waals surface area contributed by atoms with Crippen LogP contribution in [0.3, 0.4) is 0 Å². The molecule has 7 heteroatoms. The zero-order valence-electron chi connectivity index (χ0n) is 15.9. The zero-order valence-corrected chi connectivity index (χ0v) is 15.9. The van der Waals surface area contributed by atoms with Gasteiger partial charge in [-0.2, -0.15) is 0 Å². The van der Waals surface area contributed by atoms with Crippen LogP contribution >= 0.6 is 0 Å². The van der Waals surface area contributed by atoms with Crippen LogP contribution in [0.1, 0.15) is 30.4 Å². The number of aryl methyl sites for hydroxylation is 1. The third-order valence-electron chi connectivity index (χ3n) is 4.96. The Balaban J connectivity index is 1.59. The van der Waals surface area contributed by atoms with Gasteiger partial charge in [0.1, 0.15) is 18.4 Å². The van der Waals surface area contributed by atoms with E-state index in [4.69, 9.17) is 4.74 Å². The molecule has 0 unspecified atom stereocenters. The SMILES string of the molecule is Cc1ccc(COC[C@@H](F)CCCCN2C[C@H](O)[C@@H](O)[C@H](O)[C@@H](O)C2)cc1. The Hall–Kier alpha value is -1.09. The summed E-state index contributed by atoms with van der Waals surface area (Å²) in [4.78, 5) is 1.79. The fourth-order valence-corrected chi connectivity index (χ4v) is 3.23.